The van der Waals surface area contributed by atoms with Crippen molar-refractivity contribution in [3.05, 3.63) is 60.7 Å². The van der Waals surface area contributed by atoms with Crippen LogP contribution in [-0.2, 0) is 4.43 Å². The van der Waals surface area contributed by atoms with E-state index in [1.54, 1.807) is 0 Å². The van der Waals surface area contributed by atoms with Crippen LogP contribution in [0.25, 0.3) is 0 Å². The Kier molecular flexibility index (Phi) is 4.01. The standard InChI is InChI=1S/C20H24OSi/c1-5-6-17-21-22(20(2,3)4,18-13-9-7-10-14-18)19-15-11-8-12-16-19/h7-16H,17H2,1-4H3/i1D3. The van der Waals surface area contributed by atoms with Gasteiger partial charge in [0.25, 0.3) is 8.32 Å². The highest BCUT2D eigenvalue weighted by Crippen LogP contribution is 2.36. The van der Waals surface area contributed by atoms with Gasteiger partial charge in [0.2, 0.25) is 0 Å². The fourth-order valence-corrected chi connectivity index (χ4v) is 7.39. The minimum absolute atomic E-state index is 0.103. The summed E-state index contributed by atoms with van der Waals surface area (Å²) in [5.41, 5.74) is 0. The molecule has 2 heteroatoms. The van der Waals surface area contributed by atoms with Crippen molar-refractivity contribution >= 4 is 18.7 Å². The lowest BCUT2D eigenvalue weighted by molar-refractivity contribution is 0.346. The van der Waals surface area contributed by atoms with Crippen LogP contribution in [0.5, 0.6) is 0 Å². The highest BCUT2D eigenvalue weighted by molar-refractivity contribution is 6.99. The van der Waals surface area contributed by atoms with Crippen LogP contribution < -0.4 is 10.4 Å². The summed E-state index contributed by atoms with van der Waals surface area (Å²) in [5.74, 6) is 4.99. The fourth-order valence-electron chi connectivity index (χ4n) is 2.94. The molecule has 2 rings (SSSR count). The van der Waals surface area contributed by atoms with Gasteiger partial charge in [-0.25, -0.2) is 0 Å². The molecule has 0 amide bonds. The first-order chi connectivity index (χ1) is 11.7. The smallest absolute Gasteiger partial charge is 0.262 e. The molecule has 0 N–H and O–H groups in total. The molecule has 0 saturated heterocycles. The molecule has 0 saturated carbocycles. The Hall–Kier alpha value is -1.82. The molecule has 114 valence electrons. The molecule has 0 unspecified atom stereocenters. The van der Waals surface area contributed by atoms with E-state index in [0.29, 0.717) is 0 Å². The lowest BCUT2D eigenvalue weighted by Gasteiger charge is -2.42. The van der Waals surface area contributed by atoms with E-state index in [2.05, 4.69) is 56.9 Å². The molecule has 0 atom stereocenters. The topological polar surface area (TPSA) is 9.23 Å². The van der Waals surface area contributed by atoms with Gasteiger partial charge in [-0.3, -0.25) is 0 Å². The molecule has 22 heavy (non-hydrogen) atoms. The van der Waals surface area contributed by atoms with Crippen LogP contribution in [0.2, 0.25) is 5.04 Å². The van der Waals surface area contributed by atoms with Crippen LogP contribution >= 0.6 is 0 Å². The van der Waals surface area contributed by atoms with Crippen molar-refractivity contribution in [1.29, 1.82) is 0 Å². The molecule has 0 aromatic heterocycles. The minimum Gasteiger partial charge on any atom is -0.396 e. The lowest BCUT2D eigenvalue weighted by Crippen LogP contribution is -2.66. The van der Waals surface area contributed by atoms with E-state index < -0.39 is 15.2 Å². The molecule has 0 spiro atoms. The van der Waals surface area contributed by atoms with Crippen molar-refractivity contribution in [1.82, 2.24) is 0 Å². The average molecular weight is 312 g/mol. The van der Waals surface area contributed by atoms with Crippen LogP contribution in [0.4, 0.5) is 0 Å². The summed E-state index contributed by atoms with van der Waals surface area (Å²) in [6.45, 7) is 4.38. The molecule has 0 fully saturated rings. The van der Waals surface area contributed by atoms with E-state index in [9.17, 15) is 0 Å². The third-order valence-corrected chi connectivity index (χ3v) is 8.85. The zero-order valence-electron chi connectivity index (χ0n) is 16.4. The maximum Gasteiger partial charge on any atom is 0.262 e. The van der Waals surface area contributed by atoms with Gasteiger partial charge in [0.05, 0.1) is 6.61 Å². The molecule has 0 radical (unpaired) electrons. The quantitative estimate of drug-likeness (QED) is 0.619. The summed E-state index contributed by atoms with van der Waals surface area (Å²) in [6, 6.07) is 20.4. The first-order valence-corrected chi connectivity index (χ1v) is 9.33. The number of benzene rings is 2. The van der Waals surface area contributed by atoms with Gasteiger partial charge in [-0.15, -0.1) is 5.92 Å². The van der Waals surface area contributed by atoms with Gasteiger partial charge in [-0.1, -0.05) is 87.4 Å². The predicted octanol–water partition coefficient (Wildman–Crippen LogP) is 3.59. The van der Waals surface area contributed by atoms with Gasteiger partial charge >= 0.3 is 0 Å². The maximum absolute atomic E-state index is 7.23. The van der Waals surface area contributed by atoms with Crippen molar-refractivity contribution in [2.45, 2.75) is 32.7 Å². The highest BCUT2D eigenvalue weighted by Gasteiger charge is 2.49. The van der Waals surface area contributed by atoms with Gasteiger partial charge in [-0.05, 0) is 22.3 Å². The van der Waals surface area contributed by atoms with E-state index in [0.717, 1.165) is 10.4 Å². The first-order valence-electron chi connectivity index (χ1n) is 8.92. The summed E-state index contributed by atoms with van der Waals surface area (Å²) in [5, 5.41) is 2.17. The third kappa shape index (κ3) is 3.16. The molecule has 2 aromatic rings. The molecular formula is C20H24OSi. The van der Waals surface area contributed by atoms with Crippen LogP contribution in [0.3, 0.4) is 0 Å². The van der Waals surface area contributed by atoms with Gasteiger partial charge < -0.3 is 4.43 Å². The summed E-state index contributed by atoms with van der Waals surface area (Å²) in [7, 11) is -2.63. The zero-order chi connectivity index (χ0) is 18.6. The van der Waals surface area contributed by atoms with Crippen molar-refractivity contribution in [3.8, 4) is 11.8 Å². The number of hydrogen-bond donors (Lipinski definition) is 0. The Morgan fingerprint density at radius 1 is 0.955 bits per heavy atom. The monoisotopic (exact) mass is 311 g/mol. The Labute approximate surface area is 139 Å². The fraction of sp³-hybridized carbons (Fsp3) is 0.300. The summed E-state index contributed by atoms with van der Waals surface area (Å²) in [6.07, 6.45) is 0. The van der Waals surface area contributed by atoms with E-state index >= 15 is 0 Å². The minimum atomic E-state index is -2.63. The zero-order valence-corrected chi connectivity index (χ0v) is 14.4. The molecule has 0 aliphatic carbocycles. The van der Waals surface area contributed by atoms with Gasteiger partial charge in [0.15, 0.2) is 0 Å². The van der Waals surface area contributed by atoms with E-state index in [1.807, 2.05) is 36.4 Å². The highest BCUT2D eigenvalue weighted by atomic mass is 28.4. The average Bonchev–Trinajstić information content (AvgIpc) is 2.54. The Morgan fingerprint density at radius 3 is 1.86 bits per heavy atom. The Bertz CT molecular complexity index is 698. The van der Waals surface area contributed by atoms with Crippen LogP contribution in [-0.4, -0.2) is 14.9 Å². The molecule has 1 nitrogen and oxygen atoms in total. The second-order valence-corrected chi connectivity index (χ2v) is 10.6. The summed E-state index contributed by atoms with van der Waals surface area (Å²) in [4.78, 5) is 0. The molecular weight excluding hydrogens is 284 g/mol. The third-order valence-electron chi connectivity index (χ3n) is 3.87. The van der Waals surface area contributed by atoms with E-state index in [4.69, 9.17) is 8.54 Å². The van der Waals surface area contributed by atoms with E-state index in [1.165, 1.54) is 0 Å². The second kappa shape index (κ2) is 6.96. The maximum atomic E-state index is 7.23. The largest absolute Gasteiger partial charge is 0.396 e. The molecule has 0 aliphatic heterocycles. The van der Waals surface area contributed by atoms with Gasteiger partial charge in [0, 0.05) is 4.11 Å². The first kappa shape index (κ1) is 12.7. The number of rotatable bonds is 4. The van der Waals surface area contributed by atoms with Gasteiger partial charge in [0.1, 0.15) is 0 Å². The van der Waals surface area contributed by atoms with Crippen LogP contribution in [0, 0.1) is 11.8 Å². The molecule has 0 aliphatic rings. The molecule has 0 bridgehead atoms. The van der Waals surface area contributed by atoms with Crippen molar-refractivity contribution in [2.24, 2.45) is 0 Å². The van der Waals surface area contributed by atoms with Crippen molar-refractivity contribution < 1.29 is 8.54 Å². The summed E-state index contributed by atoms with van der Waals surface area (Å²) < 4.78 is 28.2. The van der Waals surface area contributed by atoms with Crippen molar-refractivity contribution in [3.63, 3.8) is 0 Å². The van der Waals surface area contributed by atoms with Gasteiger partial charge in [-0.2, -0.15) is 0 Å². The van der Waals surface area contributed by atoms with E-state index in [-0.39, 0.29) is 11.6 Å². The van der Waals surface area contributed by atoms with Crippen molar-refractivity contribution in [2.75, 3.05) is 6.61 Å². The summed E-state index contributed by atoms with van der Waals surface area (Å²) >= 11 is 0. The Morgan fingerprint density at radius 2 is 1.45 bits per heavy atom. The molecule has 2 aromatic carbocycles. The second-order valence-electron chi connectivity index (χ2n) is 6.25. The number of hydrogen-bond acceptors (Lipinski definition) is 1. The Balaban J connectivity index is 2.54. The predicted molar refractivity (Wildman–Crippen MR) is 97.0 cm³/mol. The lowest BCUT2D eigenvalue weighted by atomic mass is 10.2. The SMILES string of the molecule is [2H]C([2H])([2H])C#CCO[Si](c1ccccc1)(c1ccccc1)C(C)(C)C. The van der Waals surface area contributed by atoms with Crippen LogP contribution in [0.15, 0.2) is 60.7 Å². The van der Waals surface area contributed by atoms with Crippen LogP contribution in [0.1, 0.15) is 31.7 Å². The normalized spacial score (nSPS) is 14.2. The molecule has 0 heterocycles.